The van der Waals surface area contributed by atoms with E-state index in [9.17, 15) is 0 Å². The maximum Gasteiger partial charge on any atom is 2.00 e. The molecule has 3 nitrogen and oxygen atoms in total. The van der Waals surface area contributed by atoms with Crippen molar-refractivity contribution in [3.63, 3.8) is 0 Å². The second-order valence-corrected chi connectivity index (χ2v) is 0. The van der Waals surface area contributed by atoms with Gasteiger partial charge in [0.2, 0.25) is 0 Å². The van der Waals surface area contributed by atoms with Gasteiger partial charge in [-0.2, -0.15) is 0 Å². The molecular formula is H6LiMgN3. The van der Waals surface area contributed by atoms with Crippen molar-refractivity contribution in [1.29, 1.82) is 0 Å². The van der Waals surface area contributed by atoms with E-state index in [1.165, 1.54) is 0 Å². The Morgan fingerprint density at radius 2 is 0.600 bits per heavy atom. The molecule has 5 heteroatoms. The summed E-state index contributed by atoms with van der Waals surface area (Å²) in [4.78, 5) is 0. The number of nitrogens with two attached hydrogens (primary N) is 3. The molecule has 0 aliphatic heterocycles. The number of hydrogen-bond donors (Lipinski definition) is 0. The first-order valence-electron chi connectivity index (χ1n) is 0. The van der Waals surface area contributed by atoms with Gasteiger partial charge in [0.05, 0.1) is 0 Å². The van der Waals surface area contributed by atoms with E-state index in [0.29, 0.717) is 0 Å². The zero-order valence-corrected chi connectivity index (χ0v) is 4.85. The summed E-state index contributed by atoms with van der Waals surface area (Å²) >= 11 is 0. The maximum absolute atomic E-state index is 0. The molecule has 0 aliphatic rings. The Kier molecular flexibility index (Phi) is 1360. The molecule has 0 aromatic heterocycles. The molecule has 0 atom stereocenters. The molecule has 0 amide bonds. The van der Waals surface area contributed by atoms with Crippen LogP contribution in [0, 0.1) is 0 Å². The molecule has 0 spiro atoms. The van der Waals surface area contributed by atoms with Crippen LogP contribution in [0.3, 0.4) is 0 Å². The molecule has 0 aliphatic carbocycles. The normalized spacial score (nSPS) is 0. The molecule has 0 aromatic rings. The van der Waals surface area contributed by atoms with Crippen molar-refractivity contribution in [2.75, 3.05) is 0 Å². The Hall–Kier alpha value is 1.24. The summed E-state index contributed by atoms with van der Waals surface area (Å²) in [5.41, 5.74) is 0. The van der Waals surface area contributed by atoms with Gasteiger partial charge in [-0.1, -0.05) is 0 Å². The standard InChI is InChI=1S/Li.Mg.3H2N/h;;3*1H2/q+1;+2;3*-1. The summed E-state index contributed by atoms with van der Waals surface area (Å²) in [6, 6.07) is 0. The predicted molar refractivity (Wildman–Crippen MR) is 21.6 cm³/mol. The zero-order valence-electron chi connectivity index (χ0n) is 3.44. The fraction of sp³-hybridized carbons (Fsp3) is 0. The SMILES string of the molecule is [Li+].[Mg+2].[NH2-].[NH2-].[NH2-]. The van der Waals surface area contributed by atoms with Gasteiger partial charge >= 0.3 is 41.9 Å². The van der Waals surface area contributed by atoms with Crippen molar-refractivity contribution >= 4 is 23.1 Å². The summed E-state index contributed by atoms with van der Waals surface area (Å²) in [5.74, 6) is 0. The quantitative estimate of drug-likeness (QED) is 0.325. The number of rotatable bonds is 0. The monoisotopic (exact) mass is 79.1 g/mol. The van der Waals surface area contributed by atoms with Gasteiger partial charge < -0.3 is 18.5 Å². The topological polar surface area (TPSA) is 100 Å². The van der Waals surface area contributed by atoms with Crippen LogP contribution in [-0.2, 0) is 0 Å². The molecule has 0 bridgehead atoms. The first kappa shape index (κ1) is 111. The van der Waals surface area contributed by atoms with Gasteiger partial charge in [-0.05, 0) is 0 Å². The Labute approximate surface area is 60.3 Å². The van der Waals surface area contributed by atoms with Crippen LogP contribution in [0.1, 0.15) is 0 Å². The average Bonchev–Trinajstić information content (AvgIpc) is 0. The van der Waals surface area contributed by atoms with Gasteiger partial charge in [-0.15, -0.1) is 0 Å². The molecule has 0 radical (unpaired) electrons. The minimum absolute atomic E-state index is 0. The van der Waals surface area contributed by atoms with Crippen LogP contribution in [-0.4, -0.2) is 23.1 Å². The van der Waals surface area contributed by atoms with E-state index in [-0.39, 0.29) is 60.4 Å². The molecule has 0 unspecified atom stereocenters. The fourth-order valence-corrected chi connectivity index (χ4v) is 0. The van der Waals surface area contributed by atoms with Gasteiger partial charge in [0.25, 0.3) is 0 Å². The molecule has 0 saturated carbocycles. The molecule has 24 valence electrons. The minimum atomic E-state index is 0. The van der Waals surface area contributed by atoms with Crippen LogP contribution in [0.2, 0.25) is 0 Å². The van der Waals surface area contributed by atoms with E-state index in [0.717, 1.165) is 0 Å². The van der Waals surface area contributed by atoms with Crippen LogP contribution < -0.4 is 18.9 Å². The molecule has 0 fully saturated rings. The van der Waals surface area contributed by atoms with E-state index in [2.05, 4.69) is 0 Å². The molecule has 0 heterocycles. The minimum Gasteiger partial charge on any atom is -0.693 e. The molecular weight excluding hydrogens is 73.3 g/mol. The van der Waals surface area contributed by atoms with Gasteiger partial charge in [-0.25, -0.2) is 0 Å². The van der Waals surface area contributed by atoms with Crippen LogP contribution in [0.4, 0.5) is 0 Å². The van der Waals surface area contributed by atoms with Crippen molar-refractivity contribution < 1.29 is 18.9 Å². The van der Waals surface area contributed by atoms with Crippen LogP contribution in [0.15, 0.2) is 0 Å². The number of hydrogen-bond acceptors (Lipinski definition) is 0. The molecule has 6 N–H and O–H groups in total. The zero-order chi connectivity index (χ0) is 0. The first-order valence-corrected chi connectivity index (χ1v) is 0. The second-order valence-electron chi connectivity index (χ2n) is 0. The van der Waals surface area contributed by atoms with Gasteiger partial charge in [0.1, 0.15) is 0 Å². The molecule has 0 rings (SSSR count). The Morgan fingerprint density at radius 1 is 0.600 bits per heavy atom. The van der Waals surface area contributed by atoms with Crippen LogP contribution in [0.5, 0.6) is 0 Å². The average molecular weight is 79.3 g/mol. The maximum atomic E-state index is 0. The summed E-state index contributed by atoms with van der Waals surface area (Å²) < 4.78 is 0. The summed E-state index contributed by atoms with van der Waals surface area (Å²) in [6.07, 6.45) is 0. The van der Waals surface area contributed by atoms with Crippen molar-refractivity contribution in [3.8, 4) is 0 Å². The van der Waals surface area contributed by atoms with E-state index in [4.69, 9.17) is 0 Å². The molecule has 5 heavy (non-hydrogen) atoms. The fourth-order valence-electron chi connectivity index (χ4n) is 0. The van der Waals surface area contributed by atoms with Crippen molar-refractivity contribution in [2.45, 2.75) is 0 Å². The third-order valence-electron chi connectivity index (χ3n) is 0. The first-order chi connectivity index (χ1) is 0. The van der Waals surface area contributed by atoms with Gasteiger partial charge in [-0.3, -0.25) is 0 Å². The summed E-state index contributed by atoms with van der Waals surface area (Å²) in [6.45, 7) is 0. The smallest absolute Gasteiger partial charge is 0.693 e. The van der Waals surface area contributed by atoms with Gasteiger partial charge in [0, 0.05) is 0 Å². The van der Waals surface area contributed by atoms with E-state index in [1.54, 1.807) is 0 Å². The van der Waals surface area contributed by atoms with Crippen molar-refractivity contribution in [1.82, 2.24) is 0 Å². The van der Waals surface area contributed by atoms with E-state index in [1.807, 2.05) is 0 Å². The summed E-state index contributed by atoms with van der Waals surface area (Å²) in [7, 11) is 0. The largest absolute Gasteiger partial charge is 2.00 e. The Morgan fingerprint density at radius 3 is 0.600 bits per heavy atom. The second kappa shape index (κ2) is 61.1. The van der Waals surface area contributed by atoms with E-state index >= 15 is 0 Å². The van der Waals surface area contributed by atoms with Crippen molar-refractivity contribution in [3.05, 3.63) is 18.5 Å². The Balaban J connectivity index is 0. The van der Waals surface area contributed by atoms with Gasteiger partial charge in [0.15, 0.2) is 0 Å². The predicted octanol–water partition coefficient (Wildman–Crippen LogP) is -1.23. The van der Waals surface area contributed by atoms with Crippen LogP contribution >= 0.6 is 0 Å². The third kappa shape index (κ3) is 35.7. The third-order valence-corrected chi connectivity index (χ3v) is 0. The van der Waals surface area contributed by atoms with E-state index < -0.39 is 0 Å². The Bertz CT molecular complexity index is 6.85. The molecule has 0 saturated heterocycles. The van der Waals surface area contributed by atoms with Crippen molar-refractivity contribution in [2.24, 2.45) is 0 Å². The summed E-state index contributed by atoms with van der Waals surface area (Å²) in [5, 5.41) is 0. The molecule has 0 aromatic carbocycles. The van der Waals surface area contributed by atoms with Crippen LogP contribution in [0.25, 0.3) is 18.5 Å².